The topological polar surface area (TPSA) is 49.3 Å². The minimum absolute atomic E-state index is 0.0184. The van der Waals surface area contributed by atoms with Gasteiger partial charge < -0.3 is 10.4 Å². The Morgan fingerprint density at radius 3 is 2.50 bits per heavy atom. The summed E-state index contributed by atoms with van der Waals surface area (Å²) >= 11 is 5.73. The molecule has 1 rings (SSSR count). The van der Waals surface area contributed by atoms with E-state index in [0.717, 1.165) is 0 Å². The summed E-state index contributed by atoms with van der Waals surface area (Å²) in [6.07, 6.45) is 0. The van der Waals surface area contributed by atoms with Crippen LogP contribution in [0.4, 0.5) is 0 Å². The van der Waals surface area contributed by atoms with Crippen molar-refractivity contribution >= 4 is 17.5 Å². The largest absolute Gasteiger partial charge is 0.506 e. The second kappa shape index (κ2) is 5.21. The molecule has 4 heteroatoms. The van der Waals surface area contributed by atoms with Crippen LogP contribution < -0.4 is 5.32 Å². The summed E-state index contributed by atoms with van der Waals surface area (Å²) in [7, 11) is 0. The first-order valence-corrected chi connectivity index (χ1v) is 5.59. The van der Waals surface area contributed by atoms with E-state index in [1.54, 1.807) is 6.07 Å². The fraction of sp³-hybridized carbons (Fsp3) is 0.417. The number of rotatable bonds is 3. The van der Waals surface area contributed by atoms with Gasteiger partial charge in [0.1, 0.15) is 5.75 Å². The molecule has 1 unspecified atom stereocenters. The van der Waals surface area contributed by atoms with Gasteiger partial charge in [-0.2, -0.15) is 0 Å². The number of halogens is 1. The minimum atomic E-state index is -0.178. The number of benzene rings is 1. The molecular weight excluding hydrogens is 226 g/mol. The van der Waals surface area contributed by atoms with Gasteiger partial charge in [0.25, 0.3) is 5.91 Å². The van der Waals surface area contributed by atoms with Crippen LogP contribution >= 0.6 is 11.6 Å². The first-order chi connectivity index (χ1) is 7.41. The molecule has 0 bridgehead atoms. The SMILES string of the molecule is CC(C)C(C)NC(=O)c1ccc(O)c(Cl)c1. The average Bonchev–Trinajstić information content (AvgIpc) is 2.21. The lowest BCUT2D eigenvalue weighted by Crippen LogP contribution is -2.36. The summed E-state index contributed by atoms with van der Waals surface area (Å²) < 4.78 is 0. The molecule has 88 valence electrons. The van der Waals surface area contributed by atoms with Crippen molar-refractivity contribution in [3.05, 3.63) is 28.8 Å². The van der Waals surface area contributed by atoms with Gasteiger partial charge in [-0.1, -0.05) is 25.4 Å². The number of carbonyl (C=O) groups excluding carboxylic acids is 1. The van der Waals surface area contributed by atoms with Gasteiger partial charge in [0.2, 0.25) is 0 Å². The van der Waals surface area contributed by atoms with Crippen molar-refractivity contribution in [2.45, 2.75) is 26.8 Å². The first-order valence-electron chi connectivity index (χ1n) is 5.21. The maximum Gasteiger partial charge on any atom is 0.251 e. The number of aromatic hydroxyl groups is 1. The quantitative estimate of drug-likeness (QED) is 0.855. The summed E-state index contributed by atoms with van der Waals surface area (Å²) in [5.74, 6) is 0.176. The van der Waals surface area contributed by atoms with Crippen LogP contribution in [0.25, 0.3) is 0 Å². The monoisotopic (exact) mass is 241 g/mol. The van der Waals surface area contributed by atoms with Crippen LogP contribution in [0.5, 0.6) is 5.75 Å². The van der Waals surface area contributed by atoms with Gasteiger partial charge in [-0.25, -0.2) is 0 Å². The van der Waals surface area contributed by atoms with Gasteiger partial charge in [-0.3, -0.25) is 4.79 Å². The van der Waals surface area contributed by atoms with Crippen molar-refractivity contribution in [2.24, 2.45) is 5.92 Å². The van der Waals surface area contributed by atoms with E-state index in [4.69, 9.17) is 11.6 Å². The van der Waals surface area contributed by atoms with Gasteiger partial charge in [0, 0.05) is 11.6 Å². The highest BCUT2D eigenvalue weighted by atomic mass is 35.5. The van der Waals surface area contributed by atoms with E-state index in [1.807, 2.05) is 20.8 Å². The van der Waals surface area contributed by atoms with E-state index in [1.165, 1.54) is 12.1 Å². The fourth-order valence-electron chi connectivity index (χ4n) is 1.10. The Kier molecular flexibility index (Phi) is 4.19. The summed E-state index contributed by atoms with van der Waals surface area (Å²) in [6, 6.07) is 4.51. The highest BCUT2D eigenvalue weighted by molar-refractivity contribution is 6.32. The zero-order chi connectivity index (χ0) is 12.3. The van der Waals surface area contributed by atoms with Gasteiger partial charge >= 0.3 is 0 Å². The molecule has 1 aromatic rings. The Balaban J connectivity index is 2.77. The van der Waals surface area contributed by atoms with Crippen molar-refractivity contribution in [1.82, 2.24) is 5.32 Å². The van der Waals surface area contributed by atoms with E-state index >= 15 is 0 Å². The van der Waals surface area contributed by atoms with Crippen LogP contribution in [0, 0.1) is 5.92 Å². The van der Waals surface area contributed by atoms with Crippen LogP contribution in [0.1, 0.15) is 31.1 Å². The van der Waals surface area contributed by atoms with Crippen molar-refractivity contribution in [2.75, 3.05) is 0 Å². The molecule has 0 aliphatic carbocycles. The Hall–Kier alpha value is -1.22. The third kappa shape index (κ3) is 3.14. The highest BCUT2D eigenvalue weighted by Crippen LogP contribution is 2.23. The predicted octanol–water partition coefficient (Wildman–Crippen LogP) is 2.82. The van der Waals surface area contributed by atoms with Crippen molar-refractivity contribution < 1.29 is 9.90 Å². The molecule has 0 aliphatic heterocycles. The Morgan fingerprint density at radius 1 is 1.38 bits per heavy atom. The third-order valence-electron chi connectivity index (χ3n) is 2.57. The Labute approximate surface area is 100 Å². The van der Waals surface area contributed by atoms with Crippen molar-refractivity contribution in [3.63, 3.8) is 0 Å². The van der Waals surface area contributed by atoms with E-state index in [0.29, 0.717) is 11.5 Å². The number of carbonyl (C=O) groups is 1. The zero-order valence-corrected chi connectivity index (χ0v) is 10.4. The molecule has 16 heavy (non-hydrogen) atoms. The molecule has 1 amide bonds. The lowest BCUT2D eigenvalue weighted by Gasteiger charge is -2.17. The molecule has 0 spiro atoms. The molecular formula is C12H16ClNO2. The minimum Gasteiger partial charge on any atom is -0.506 e. The smallest absolute Gasteiger partial charge is 0.251 e. The molecule has 0 radical (unpaired) electrons. The standard InChI is InChI=1S/C12H16ClNO2/c1-7(2)8(3)14-12(16)9-4-5-11(15)10(13)6-9/h4-8,15H,1-3H3,(H,14,16). The van der Waals surface area contributed by atoms with E-state index < -0.39 is 0 Å². The molecule has 0 heterocycles. The number of phenols is 1. The maximum absolute atomic E-state index is 11.8. The predicted molar refractivity (Wildman–Crippen MR) is 64.9 cm³/mol. The summed E-state index contributed by atoms with van der Waals surface area (Å²) in [6.45, 7) is 6.02. The second-order valence-electron chi connectivity index (χ2n) is 4.17. The van der Waals surface area contributed by atoms with Gasteiger partial charge in [-0.15, -0.1) is 0 Å². The molecule has 0 aliphatic rings. The number of nitrogens with one attached hydrogen (secondary N) is 1. The number of phenolic OH excluding ortho intramolecular Hbond substituents is 1. The van der Waals surface area contributed by atoms with Crippen molar-refractivity contribution in [1.29, 1.82) is 0 Å². The molecule has 0 fully saturated rings. The number of hydrogen-bond acceptors (Lipinski definition) is 2. The molecule has 0 saturated heterocycles. The molecule has 3 nitrogen and oxygen atoms in total. The van der Waals surface area contributed by atoms with Gasteiger partial charge in [0.15, 0.2) is 0 Å². The van der Waals surface area contributed by atoms with Crippen LogP contribution in [-0.4, -0.2) is 17.1 Å². The first kappa shape index (κ1) is 12.8. The normalized spacial score (nSPS) is 12.6. The lowest BCUT2D eigenvalue weighted by molar-refractivity contribution is 0.0930. The molecule has 2 N–H and O–H groups in total. The summed E-state index contributed by atoms with van der Waals surface area (Å²) in [4.78, 5) is 11.8. The van der Waals surface area contributed by atoms with Crippen molar-refractivity contribution in [3.8, 4) is 5.75 Å². The van der Waals surface area contributed by atoms with E-state index in [9.17, 15) is 9.90 Å². The number of amides is 1. The second-order valence-corrected chi connectivity index (χ2v) is 4.58. The third-order valence-corrected chi connectivity index (χ3v) is 2.87. The van der Waals surface area contributed by atoms with Gasteiger partial charge in [-0.05, 0) is 31.0 Å². The molecule has 1 atom stereocenters. The van der Waals surface area contributed by atoms with E-state index in [-0.39, 0.29) is 22.7 Å². The Morgan fingerprint density at radius 2 is 2.00 bits per heavy atom. The average molecular weight is 242 g/mol. The zero-order valence-electron chi connectivity index (χ0n) is 9.62. The Bertz CT molecular complexity index is 391. The lowest BCUT2D eigenvalue weighted by atomic mass is 10.1. The van der Waals surface area contributed by atoms with Gasteiger partial charge in [0.05, 0.1) is 5.02 Å². The molecule has 0 saturated carbocycles. The van der Waals surface area contributed by atoms with Crippen LogP contribution in [0.15, 0.2) is 18.2 Å². The van der Waals surface area contributed by atoms with Crippen LogP contribution in [0.3, 0.4) is 0 Å². The summed E-state index contributed by atoms with van der Waals surface area (Å²) in [5, 5.41) is 12.3. The van der Waals surface area contributed by atoms with Crippen LogP contribution in [0.2, 0.25) is 5.02 Å². The summed E-state index contributed by atoms with van der Waals surface area (Å²) in [5.41, 5.74) is 0.454. The fourth-order valence-corrected chi connectivity index (χ4v) is 1.29. The van der Waals surface area contributed by atoms with E-state index in [2.05, 4.69) is 5.32 Å². The number of hydrogen-bond donors (Lipinski definition) is 2. The maximum atomic E-state index is 11.8. The highest BCUT2D eigenvalue weighted by Gasteiger charge is 2.13. The van der Waals surface area contributed by atoms with Crippen LogP contribution in [-0.2, 0) is 0 Å². The molecule has 1 aromatic carbocycles. The molecule has 0 aromatic heterocycles.